The van der Waals surface area contributed by atoms with Gasteiger partial charge in [0.1, 0.15) is 0 Å². The van der Waals surface area contributed by atoms with E-state index in [4.69, 9.17) is 4.99 Å². The number of piperazine rings is 1. The van der Waals surface area contributed by atoms with E-state index in [2.05, 4.69) is 57.7 Å². The first-order chi connectivity index (χ1) is 14.7. The Labute approximate surface area is 204 Å². The molecule has 1 aromatic carbocycles. The van der Waals surface area contributed by atoms with Crippen LogP contribution in [-0.2, 0) is 11.3 Å². The first-order valence-electron chi connectivity index (χ1n) is 11.5. The summed E-state index contributed by atoms with van der Waals surface area (Å²) >= 11 is 0. The van der Waals surface area contributed by atoms with Gasteiger partial charge in [-0.25, -0.2) is 0 Å². The Hall–Kier alpha value is -1.39. The molecule has 1 amide bonds. The van der Waals surface area contributed by atoms with Crippen molar-refractivity contribution in [2.75, 3.05) is 58.9 Å². The van der Waals surface area contributed by atoms with E-state index in [1.54, 1.807) is 0 Å². The molecule has 7 nitrogen and oxygen atoms in total. The van der Waals surface area contributed by atoms with Crippen molar-refractivity contribution in [1.82, 2.24) is 25.3 Å². The number of nitrogens with zero attached hydrogens (tertiary/aromatic N) is 4. The van der Waals surface area contributed by atoms with Crippen molar-refractivity contribution < 1.29 is 4.79 Å². The molecule has 1 aromatic rings. The Morgan fingerprint density at radius 1 is 1.06 bits per heavy atom. The average molecular weight is 543 g/mol. The monoisotopic (exact) mass is 542 g/mol. The van der Waals surface area contributed by atoms with Gasteiger partial charge in [-0.2, -0.15) is 0 Å². The first-order valence-corrected chi connectivity index (χ1v) is 11.5. The van der Waals surface area contributed by atoms with Crippen LogP contribution in [0.3, 0.4) is 0 Å². The SMILES string of the molecule is CCNC(=NCCN1CCN(Cc2ccccc2)CC1)NC1CCN(C(=O)CC)C1.I. The molecule has 2 heterocycles. The normalized spacial score (nSPS) is 20.4. The predicted molar refractivity (Wildman–Crippen MR) is 138 cm³/mol. The van der Waals surface area contributed by atoms with E-state index in [-0.39, 0.29) is 29.9 Å². The van der Waals surface area contributed by atoms with Gasteiger partial charge in [-0.1, -0.05) is 37.3 Å². The van der Waals surface area contributed by atoms with E-state index in [0.29, 0.717) is 12.5 Å². The number of carbonyl (C=O) groups is 1. The Balaban J connectivity index is 0.00000341. The second kappa shape index (κ2) is 13.9. The third kappa shape index (κ3) is 8.57. The van der Waals surface area contributed by atoms with Crippen molar-refractivity contribution in [2.24, 2.45) is 4.99 Å². The number of halogens is 1. The molecule has 0 aromatic heterocycles. The van der Waals surface area contributed by atoms with Crippen molar-refractivity contribution in [1.29, 1.82) is 0 Å². The maximum atomic E-state index is 11.9. The summed E-state index contributed by atoms with van der Waals surface area (Å²) in [6.45, 7) is 13.7. The number of hydrogen-bond donors (Lipinski definition) is 2. The number of hydrogen-bond acceptors (Lipinski definition) is 4. The molecular weight excluding hydrogens is 503 g/mol. The zero-order chi connectivity index (χ0) is 21.2. The van der Waals surface area contributed by atoms with Gasteiger partial charge in [0, 0.05) is 71.4 Å². The van der Waals surface area contributed by atoms with Crippen LogP contribution in [0.2, 0.25) is 0 Å². The van der Waals surface area contributed by atoms with E-state index in [9.17, 15) is 4.79 Å². The van der Waals surface area contributed by atoms with Crippen LogP contribution in [-0.4, -0.2) is 91.5 Å². The molecule has 2 saturated heterocycles. The standard InChI is InChI=1S/C23H38N6O.HI/c1-3-22(30)29-12-10-21(19-29)26-23(24-4-2)25-11-13-27-14-16-28(17-15-27)18-20-8-6-5-7-9-20;/h5-9,21H,3-4,10-19H2,1-2H3,(H2,24,25,26);1H. The summed E-state index contributed by atoms with van der Waals surface area (Å²) in [6.07, 6.45) is 1.57. The van der Waals surface area contributed by atoms with Gasteiger partial charge in [0.05, 0.1) is 6.54 Å². The lowest BCUT2D eigenvalue weighted by atomic mass is 10.2. The summed E-state index contributed by atoms with van der Waals surface area (Å²) in [7, 11) is 0. The highest BCUT2D eigenvalue weighted by Gasteiger charge is 2.25. The van der Waals surface area contributed by atoms with Gasteiger partial charge in [-0.05, 0) is 18.9 Å². The molecule has 174 valence electrons. The maximum absolute atomic E-state index is 11.9. The number of guanidine groups is 1. The van der Waals surface area contributed by atoms with Crippen LogP contribution < -0.4 is 10.6 Å². The minimum atomic E-state index is 0. The predicted octanol–water partition coefficient (Wildman–Crippen LogP) is 1.99. The highest BCUT2D eigenvalue weighted by Crippen LogP contribution is 2.11. The largest absolute Gasteiger partial charge is 0.357 e. The summed E-state index contributed by atoms with van der Waals surface area (Å²) in [5, 5.41) is 6.86. The van der Waals surface area contributed by atoms with Crippen molar-refractivity contribution >= 4 is 35.8 Å². The van der Waals surface area contributed by atoms with Crippen LogP contribution in [0.1, 0.15) is 32.3 Å². The Morgan fingerprint density at radius 3 is 2.45 bits per heavy atom. The number of nitrogens with one attached hydrogen (secondary N) is 2. The molecular formula is C23H39IN6O. The van der Waals surface area contributed by atoms with Crippen molar-refractivity contribution in [3.05, 3.63) is 35.9 Å². The van der Waals surface area contributed by atoms with Crippen LogP contribution in [0.4, 0.5) is 0 Å². The van der Waals surface area contributed by atoms with Gasteiger partial charge >= 0.3 is 0 Å². The summed E-state index contributed by atoms with van der Waals surface area (Å²) in [6, 6.07) is 11.0. The lowest BCUT2D eigenvalue weighted by molar-refractivity contribution is -0.129. The Kier molecular flexibility index (Phi) is 11.6. The van der Waals surface area contributed by atoms with E-state index in [0.717, 1.165) is 77.8 Å². The fraction of sp³-hybridized carbons (Fsp3) is 0.652. The van der Waals surface area contributed by atoms with E-state index in [1.807, 2.05) is 11.8 Å². The molecule has 2 aliphatic rings. The third-order valence-electron chi connectivity index (χ3n) is 5.93. The molecule has 2 N–H and O–H groups in total. The van der Waals surface area contributed by atoms with Crippen molar-refractivity contribution in [3.63, 3.8) is 0 Å². The molecule has 2 aliphatic heterocycles. The molecule has 0 aliphatic carbocycles. The number of likely N-dealkylation sites (tertiary alicyclic amines) is 1. The fourth-order valence-corrected chi connectivity index (χ4v) is 4.16. The molecule has 1 atom stereocenters. The molecule has 8 heteroatoms. The van der Waals surface area contributed by atoms with Crippen LogP contribution in [0, 0.1) is 0 Å². The fourth-order valence-electron chi connectivity index (χ4n) is 4.16. The summed E-state index contributed by atoms with van der Waals surface area (Å²) < 4.78 is 0. The van der Waals surface area contributed by atoms with E-state index >= 15 is 0 Å². The van der Waals surface area contributed by atoms with Crippen LogP contribution >= 0.6 is 24.0 Å². The number of benzene rings is 1. The average Bonchev–Trinajstić information content (AvgIpc) is 3.24. The van der Waals surface area contributed by atoms with Crippen molar-refractivity contribution in [3.8, 4) is 0 Å². The molecule has 2 fully saturated rings. The van der Waals surface area contributed by atoms with Crippen LogP contribution in [0.25, 0.3) is 0 Å². The minimum absolute atomic E-state index is 0. The lowest BCUT2D eigenvalue weighted by Gasteiger charge is -2.34. The highest BCUT2D eigenvalue weighted by atomic mass is 127. The lowest BCUT2D eigenvalue weighted by Crippen LogP contribution is -2.47. The van der Waals surface area contributed by atoms with Crippen molar-refractivity contribution in [2.45, 2.75) is 39.3 Å². The molecule has 31 heavy (non-hydrogen) atoms. The molecule has 3 rings (SSSR count). The van der Waals surface area contributed by atoms with Gasteiger partial charge < -0.3 is 15.5 Å². The minimum Gasteiger partial charge on any atom is -0.357 e. The van der Waals surface area contributed by atoms with Gasteiger partial charge in [-0.15, -0.1) is 24.0 Å². The second-order valence-electron chi connectivity index (χ2n) is 8.19. The number of carbonyl (C=O) groups excluding carboxylic acids is 1. The first kappa shape index (κ1) is 25.9. The van der Waals surface area contributed by atoms with Gasteiger partial charge in [0.2, 0.25) is 5.91 Å². The quantitative estimate of drug-likeness (QED) is 0.299. The summed E-state index contributed by atoms with van der Waals surface area (Å²) in [5.74, 6) is 1.11. The Bertz CT molecular complexity index is 678. The molecule has 0 saturated carbocycles. The third-order valence-corrected chi connectivity index (χ3v) is 5.93. The van der Waals surface area contributed by atoms with Gasteiger partial charge in [-0.3, -0.25) is 19.6 Å². The van der Waals surface area contributed by atoms with Crippen LogP contribution in [0.5, 0.6) is 0 Å². The number of amides is 1. The van der Waals surface area contributed by atoms with Gasteiger partial charge in [0.15, 0.2) is 5.96 Å². The number of aliphatic imine (C=N–C) groups is 1. The zero-order valence-electron chi connectivity index (χ0n) is 19.1. The summed E-state index contributed by atoms with van der Waals surface area (Å²) in [5.41, 5.74) is 1.39. The Morgan fingerprint density at radius 2 is 1.77 bits per heavy atom. The van der Waals surface area contributed by atoms with E-state index < -0.39 is 0 Å². The van der Waals surface area contributed by atoms with E-state index in [1.165, 1.54) is 5.56 Å². The molecule has 0 bridgehead atoms. The van der Waals surface area contributed by atoms with Crippen LogP contribution in [0.15, 0.2) is 35.3 Å². The maximum Gasteiger partial charge on any atom is 0.222 e. The topological polar surface area (TPSA) is 63.2 Å². The summed E-state index contributed by atoms with van der Waals surface area (Å²) in [4.78, 5) is 23.7. The van der Waals surface area contributed by atoms with Gasteiger partial charge in [0.25, 0.3) is 0 Å². The zero-order valence-corrected chi connectivity index (χ0v) is 21.4. The smallest absolute Gasteiger partial charge is 0.222 e. The highest BCUT2D eigenvalue weighted by molar-refractivity contribution is 14.0. The second-order valence-corrected chi connectivity index (χ2v) is 8.19. The molecule has 0 spiro atoms. The molecule has 0 radical (unpaired) electrons. The molecule has 1 unspecified atom stereocenters. The number of rotatable bonds is 8.